The molecule has 0 atom stereocenters. The second kappa shape index (κ2) is 8.60. The van der Waals surface area contributed by atoms with Crippen LogP contribution in [0.5, 0.6) is 0 Å². The molecule has 23 heavy (non-hydrogen) atoms. The molecule has 0 spiro atoms. The summed E-state index contributed by atoms with van der Waals surface area (Å²) < 4.78 is 2.77. The first-order valence-corrected chi connectivity index (χ1v) is 8.88. The predicted octanol–water partition coefficient (Wildman–Crippen LogP) is 5.82. The molecule has 2 aromatic carbocycles. The Balaban J connectivity index is 1.61. The van der Waals surface area contributed by atoms with Gasteiger partial charge in [0.2, 0.25) is 0 Å². The van der Waals surface area contributed by atoms with Crippen LogP contribution in [-0.4, -0.2) is 0 Å². The van der Waals surface area contributed by atoms with Crippen LogP contribution in [0.4, 0.5) is 11.4 Å². The molecule has 3 heteroatoms. The molecule has 3 rings (SSSR count). The summed E-state index contributed by atoms with van der Waals surface area (Å²) in [6.45, 7) is 0. The first-order chi connectivity index (χ1) is 11.4. The van der Waals surface area contributed by atoms with E-state index in [2.05, 4.69) is 40.6 Å². The molecule has 0 radical (unpaired) electrons. The van der Waals surface area contributed by atoms with Crippen molar-refractivity contribution >= 4 is 15.9 Å². The van der Waals surface area contributed by atoms with Crippen molar-refractivity contribution in [1.82, 2.24) is 0 Å². The van der Waals surface area contributed by atoms with Crippen molar-refractivity contribution in [2.75, 3.05) is 0 Å². The van der Waals surface area contributed by atoms with E-state index in [0.717, 1.165) is 37.1 Å². The summed E-state index contributed by atoms with van der Waals surface area (Å²) in [4.78, 5) is 0. The molecule has 0 fully saturated rings. The fourth-order valence-corrected chi connectivity index (χ4v) is 3.43. The van der Waals surface area contributed by atoms with Gasteiger partial charge in [-0.15, -0.1) is 0 Å². The van der Waals surface area contributed by atoms with Crippen molar-refractivity contribution in [1.29, 1.82) is 0 Å². The second-order valence-electron chi connectivity index (χ2n) is 5.25. The Labute approximate surface area is 143 Å². The third kappa shape index (κ3) is 5.30. The molecule has 0 aromatic heterocycles. The molecule has 0 bridgehead atoms. The van der Waals surface area contributed by atoms with Crippen molar-refractivity contribution in [3.63, 3.8) is 0 Å². The molecule has 0 unspecified atom stereocenters. The molecule has 120 valence electrons. The van der Waals surface area contributed by atoms with Crippen molar-refractivity contribution in [2.45, 2.75) is 25.7 Å². The fraction of sp³-hybridized carbons (Fsp3) is 0.200. The number of azo groups is 1. The SMILES string of the molecule is C1=CCC[C]([Ni][c]2ccc(/N=N/c3ccccc3)cc2)=CCC1. The Morgan fingerprint density at radius 2 is 1.39 bits per heavy atom. The quantitative estimate of drug-likeness (QED) is 0.378. The van der Waals surface area contributed by atoms with Gasteiger partial charge in [-0.25, -0.2) is 0 Å². The zero-order valence-electron chi connectivity index (χ0n) is 13.0. The van der Waals surface area contributed by atoms with Crippen molar-refractivity contribution < 1.29 is 14.4 Å². The van der Waals surface area contributed by atoms with Gasteiger partial charge in [0.25, 0.3) is 0 Å². The first kappa shape index (κ1) is 15.9. The Morgan fingerprint density at radius 3 is 2.17 bits per heavy atom. The predicted molar refractivity (Wildman–Crippen MR) is 92.4 cm³/mol. The summed E-state index contributed by atoms with van der Waals surface area (Å²) in [5.74, 6) is 0. The maximum absolute atomic E-state index is 4.29. The zero-order chi connectivity index (χ0) is 15.7. The number of nitrogens with zero attached hydrogens (tertiary/aromatic N) is 2. The number of rotatable bonds is 4. The summed E-state index contributed by atoms with van der Waals surface area (Å²) in [6, 6.07) is 18.1. The second-order valence-corrected chi connectivity index (χ2v) is 6.71. The van der Waals surface area contributed by atoms with E-state index in [1.54, 1.807) is 14.4 Å². The first-order valence-electron chi connectivity index (χ1n) is 7.90. The third-order valence-corrected chi connectivity index (χ3v) is 4.80. The number of benzene rings is 2. The Hall–Kier alpha value is -1.99. The number of allylic oxidation sites excluding steroid dienone is 4. The Kier molecular flexibility index (Phi) is 5.94. The van der Waals surface area contributed by atoms with Crippen molar-refractivity contribution in [3.8, 4) is 0 Å². The maximum atomic E-state index is 4.29. The van der Waals surface area contributed by atoms with E-state index in [1.165, 1.54) is 9.08 Å². The van der Waals surface area contributed by atoms with Crippen LogP contribution in [0.2, 0.25) is 0 Å². The van der Waals surface area contributed by atoms with E-state index in [9.17, 15) is 0 Å². The van der Waals surface area contributed by atoms with Gasteiger partial charge in [0, 0.05) is 0 Å². The number of hydrogen-bond acceptors (Lipinski definition) is 2. The van der Waals surface area contributed by atoms with E-state index in [1.807, 2.05) is 42.5 Å². The summed E-state index contributed by atoms with van der Waals surface area (Å²) in [5.41, 5.74) is 1.76. The molecule has 0 heterocycles. The molecule has 2 nitrogen and oxygen atoms in total. The van der Waals surface area contributed by atoms with Crippen LogP contribution in [-0.2, 0) is 14.4 Å². The summed E-state index contributed by atoms with van der Waals surface area (Å²) >= 11 is 1.66. The average molecular weight is 347 g/mol. The minimum absolute atomic E-state index is 0.875. The molecule has 0 N–H and O–H groups in total. The van der Waals surface area contributed by atoms with Gasteiger partial charge in [-0.2, -0.15) is 0 Å². The average Bonchev–Trinajstić information content (AvgIpc) is 2.57. The van der Waals surface area contributed by atoms with Crippen LogP contribution in [0, 0.1) is 0 Å². The topological polar surface area (TPSA) is 24.7 Å². The molecular formula is C20H20N2Ni. The van der Waals surface area contributed by atoms with Crippen molar-refractivity contribution in [2.24, 2.45) is 10.2 Å². The van der Waals surface area contributed by atoms with Gasteiger partial charge in [0.15, 0.2) is 0 Å². The third-order valence-electron chi connectivity index (χ3n) is 3.42. The van der Waals surface area contributed by atoms with Gasteiger partial charge in [0.1, 0.15) is 0 Å². The minimum atomic E-state index is 0.875. The summed E-state index contributed by atoms with van der Waals surface area (Å²) in [7, 11) is 0. The van der Waals surface area contributed by atoms with Gasteiger partial charge in [-0.05, 0) is 0 Å². The van der Waals surface area contributed by atoms with Gasteiger partial charge < -0.3 is 0 Å². The van der Waals surface area contributed by atoms with E-state index in [0.29, 0.717) is 0 Å². The van der Waals surface area contributed by atoms with Gasteiger partial charge in [-0.1, -0.05) is 0 Å². The molecule has 0 aliphatic heterocycles. The van der Waals surface area contributed by atoms with E-state index >= 15 is 0 Å². The Bertz CT molecular complexity index is 700. The van der Waals surface area contributed by atoms with Crippen LogP contribution in [0.3, 0.4) is 0 Å². The van der Waals surface area contributed by atoms with Crippen LogP contribution >= 0.6 is 0 Å². The normalized spacial score (nSPS) is 15.4. The zero-order valence-corrected chi connectivity index (χ0v) is 14.0. The van der Waals surface area contributed by atoms with Gasteiger partial charge >= 0.3 is 144 Å². The van der Waals surface area contributed by atoms with Gasteiger partial charge in [-0.3, -0.25) is 0 Å². The molecule has 1 aliphatic carbocycles. The van der Waals surface area contributed by atoms with Crippen molar-refractivity contribution in [3.05, 3.63) is 77.4 Å². The summed E-state index contributed by atoms with van der Waals surface area (Å²) in [6.07, 6.45) is 11.6. The van der Waals surface area contributed by atoms with Crippen LogP contribution in [0.25, 0.3) is 0 Å². The standard InChI is InChI=1S/C12H9N2.C8H11.Ni/c1-3-7-11(8-4-1)13-14-12-9-5-2-6-10-12;1-2-4-6-8-7-5-3-1;/h1,3-10H;1-2,7H,3-6H2;/b14-13+;;. The molecule has 1 aliphatic rings. The Morgan fingerprint density at radius 1 is 0.696 bits per heavy atom. The van der Waals surface area contributed by atoms with E-state index in [4.69, 9.17) is 0 Å². The molecule has 0 saturated heterocycles. The number of hydrogen-bond donors (Lipinski definition) is 0. The van der Waals surface area contributed by atoms with E-state index in [-0.39, 0.29) is 0 Å². The van der Waals surface area contributed by atoms with E-state index < -0.39 is 0 Å². The molecule has 2 aromatic rings. The summed E-state index contributed by atoms with van der Waals surface area (Å²) in [5, 5.41) is 8.53. The fourth-order valence-electron chi connectivity index (χ4n) is 2.23. The molecular weight excluding hydrogens is 327 g/mol. The van der Waals surface area contributed by atoms with Gasteiger partial charge in [0.05, 0.1) is 0 Å². The molecule has 0 saturated carbocycles. The van der Waals surface area contributed by atoms with Crippen LogP contribution in [0.1, 0.15) is 25.7 Å². The monoisotopic (exact) mass is 346 g/mol. The molecule has 0 amide bonds. The van der Waals surface area contributed by atoms with Crippen LogP contribution < -0.4 is 4.53 Å². The van der Waals surface area contributed by atoms with Crippen LogP contribution in [0.15, 0.2) is 87.6 Å².